The molecule has 82 valence electrons. The third-order valence-electron chi connectivity index (χ3n) is 1.77. The van der Waals surface area contributed by atoms with Crippen molar-refractivity contribution in [1.82, 2.24) is 4.98 Å². The third-order valence-corrected chi connectivity index (χ3v) is 3.03. The van der Waals surface area contributed by atoms with Crippen LogP contribution in [0.2, 0.25) is 0 Å². The van der Waals surface area contributed by atoms with Gasteiger partial charge in [-0.25, -0.2) is 9.78 Å². The zero-order valence-electron chi connectivity index (χ0n) is 8.38. The number of hydrogen-bond acceptors (Lipinski definition) is 4. The molecule has 2 N–H and O–H groups in total. The molecule has 0 aromatic carbocycles. The number of nitrogens with zero attached hydrogens (tertiary/aromatic N) is 1. The van der Waals surface area contributed by atoms with Crippen molar-refractivity contribution in [1.29, 1.82) is 0 Å². The maximum atomic E-state index is 10.6. The highest BCUT2D eigenvalue weighted by molar-refractivity contribution is 7.99. The second kappa shape index (κ2) is 5.72. The molecule has 1 aromatic rings. The zero-order valence-corrected chi connectivity index (χ0v) is 9.20. The molecule has 1 unspecified atom stereocenters. The highest BCUT2D eigenvalue weighted by Gasteiger charge is 2.06. The SMILES string of the molecule is CC(CO)CSc1cccc(C(=O)O)n1. The largest absolute Gasteiger partial charge is 0.477 e. The summed E-state index contributed by atoms with van der Waals surface area (Å²) in [5.41, 5.74) is 0.0525. The smallest absolute Gasteiger partial charge is 0.354 e. The Labute approximate surface area is 92.3 Å². The van der Waals surface area contributed by atoms with Crippen molar-refractivity contribution in [2.45, 2.75) is 11.9 Å². The van der Waals surface area contributed by atoms with Gasteiger partial charge in [0.05, 0.1) is 5.03 Å². The van der Waals surface area contributed by atoms with Crippen LogP contribution in [-0.4, -0.2) is 33.5 Å². The Morgan fingerprint density at radius 2 is 2.33 bits per heavy atom. The Bertz CT molecular complexity index is 343. The van der Waals surface area contributed by atoms with E-state index >= 15 is 0 Å². The molecule has 5 heteroatoms. The van der Waals surface area contributed by atoms with E-state index in [0.717, 1.165) is 5.75 Å². The van der Waals surface area contributed by atoms with Crippen LogP contribution in [0.15, 0.2) is 23.2 Å². The summed E-state index contributed by atoms with van der Waals surface area (Å²) in [7, 11) is 0. The van der Waals surface area contributed by atoms with Gasteiger partial charge in [0.25, 0.3) is 0 Å². The minimum atomic E-state index is -1.02. The van der Waals surface area contributed by atoms with Gasteiger partial charge in [-0.05, 0) is 18.1 Å². The van der Waals surface area contributed by atoms with Gasteiger partial charge in [-0.3, -0.25) is 0 Å². The summed E-state index contributed by atoms with van der Waals surface area (Å²) in [6, 6.07) is 4.89. The molecule has 0 amide bonds. The maximum absolute atomic E-state index is 10.6. The van der Waals surface area contributed by atoms with Crippen molar-refractivity contribution in [3.05, 3.63) is 23.9 Å². The van der Waals surface area contributed by atoms with Gasteiger partial charge in [-0.1, -0.05) is 13.0 Å². The molecule has 0 spiro atoms. The molecule has 1 heterocycles. The number of aromatic nitrogens is 1. The average Bonchev–Trinajstić information content (AvgIpc) is 2.26. The number of carboxylic acids is 1. The van der Waals surface area contributed by atoms with Crippen LogP contribution in [0.4, 0.5) is 0 Å². The van der Waals surface area contributed by atoms with Crippen molar-refractivity contribution in [2.75, 3.05) is 12.4 Å². The van der Waals surface area contributed by atoms with Gasteiger partial charge < -0.3 is 10.2 Å². The van der Waals surface area contributed by atoms with Crippen LogP contribution < -0.4 is 0 Å². The van der Waals surface area contributed by atoms with E-state index in [1.54, 1.807) is 12.1 Å². The number of carboxylic acid groups (broad SMARTS) is 1. The summed E-state index contributed by atoms with van der Waals surface area (Å²) in [6.07, 6.45) is 0. The number of carbonyl (C=O) groups is 1. The molecule has 4 nitrogen and oxygen atoms in total. The van der Waals surface area contributed by atoms with Crippen LogP contribution in [0.5, 0.6) is 0 Å². The summed E-state index contributed by atoms with van der Waals surface area (Å²) < 4.78 is 0. The van der Waals surface area contributed by atoms with E-state index in [4.69, 9.17) is 10.2 Å². The summed E-state index contributed by atoms with van der Waals surface area (Å²) in [6.45, 7) is 2.06. The molecular formula is C10H13NO3S. The van der Waals surface area contributed by atoms with Crippen molar-refractivity contribution in [2.24, 2.45) is 5.92 Å². The molecule has 0 fully saturated rings. The number of aliphatic hydroxyl groups is 1. The van der Waals surface area contributed by atoms with Crippen LogP contribution in [-0.2, 0) is 0 Å². The Hall–Kier alpha value is -1.07. The molecule has 0 aliphatic heterocycles. The standard InChI is InChI=1S/C10H13NO3S/c1-7(5-12)6-15-9-4-2-3-8(11-9)10(13)14/h2-4,7,12H,5-6H2,1H3,(H,13,14). The lowest BCUT2D eigenvalue weighted by Crippen LogP contribution is -2.04. The summed E-state index contributed by atoms with van der Waals surface area (Å²) in [5.74, 6) is -0.106. The van der Waals surface area contributed by atoms with Crippen LogP contribution in [0.3, 0.4) is 0 Å². The van der Waals surface area contributed by atoms with E-state index in [-0.39, 0.29) is 18.2 Å². The number of thioether (sulfide) groups is 1. The lowest BCUT2D eigenvalue weighted by Gasteiger charge is -2.06. The van der Waals surface area contributed by atoms with Gasteiger partial charge in [0, 0.05) is 12.4 Å². The molecule has 0 aliphatic carbocycles. The monoisotopic (exact) mass is 227 g/mol. The molecule has 0 saturated heterocycles. The normalized spacial score (nSPS) is 12.4. The maximum Gasteiger partial charge on any atom is 0.354 e. The average molecular weight is 227 g/mol. The first kappa shape index (κ1) is 12.0. The van der Waals surface area contributed by atoms with E-state index in [2.05, 4.69) is 4.98 Å². The van der Waals surface area contributed by atoms with E-state index in [0.29, 0.717) is 5.03 Å². The van der Waals surface area contributed by atoms with Crippen LogP contribution in [0.1, 0.15) is 17.4 Å². The first-order chi connectivity index (χ1) is 7.13. The number of hydrogen-bond donors (Lipinski definition) is 2. The van der Waals surface area contributed by atoms with Crippen LogP contribution >= 0.6 is 11.8 Å². The van der Waals surface area contributed by atoms with Crippen molar-refractivity contribution < 1.29 is 15.0 Å². The molecule has 0 aliphatic rings. The predicted molar refractivity (Wildman–Crippen MR) is 58.2 cm³/mol. The second-order valence-electron chi connectivity index (χ2n) is 3.26. The lowest BCUT2D eigenvalue weighted by molar-refractivity contribution is 0.0689. The summed E-state index contributed by atoms with van der Waals surface area (Å²) in [4.78, 5) is 14.6. The minimum Gasteiger partial charge on any atom is -0.477 e. The molecule has 1 atom stereocenters. The lowest BCUT2D eigenvalue weighted by atomic mass is 10.2. The highest BCUT2D eigenvalue weighted by atomic mass is 32.2. The van der Waals surface area contributed by atoms with E-state index in [1.807, 2.05) is 6.92 Å². The fourth-order valence-corrected chi connectivity index (χ4v) is 1.79. The number of pyridine rings is 1. The zero-order chi connectivity index (χ0) is 11.3. The molecule has 0 radical (unpaired) electrons. The van der Waals surface area contributed by atoms with Crippen LogP contribution in [0, 0.1) is 5.92 Å². The highest BCUT2D eigenvalue weighted by Crippen LogP contribution is 2.18. The van der Waals surface area contributed by atoms with E-state index < -0.39 is 5.97 Å². The Morgan fingerprint density at radius 3 is 2.93 bits per heavy atom. The Balaban J connectivity index is 2.62. The van der Waals surface area contributed by atoms with E-state index in [9.17, 15) is 4.79 Å². The molecular weight excluding hydrogens is 214 g/mol. The van der Waals surface area contributed by atoms with Gasteiger partial charge >= 0.3 is 5.97 Å². The number of rotatable bonds is 5. The fraction of sp³-hybridized carbons (Fsp3) is 0.400. The van der Waals surface area contributed by atoms with Crippen LogP contribution in [0.25, 0.3) is 0 Å². The summed E-state index contributed by atoms with van der Waals surface area (Å²) >= 11 is 1.45. The van der Waals surface area contributed by atoms with Gasteiger partial charge in [-0.15, -0.1) is 11.8 Å². The molecule has 15 heavy (non-hydrogen) atoms. The Kier molecular flexibility index (Phi) is 4.58. The molecule has 1 rings (SSSR count). The topological polar surface area (TPSA) is 70.4 Å². The Morgan fingerprint density at radius 1 is 1.60 bits per heavy atom. The van der Waals surface area contributed by atoms with Gasteiger partial charge in [0.1, 0.15) is 5.69 Å². The van der Waals surface area contributed by atoms with Crippen molar-refractivity contribution in [3.63, 3.8) is 0 Å². The van der Waals surface area contributed by atoms with Gasteiger partial charge in [-0.2, -0.15) is 0 Å². The molecule has 0 bridgehead atoms. The number of aliphatic hydroxyl groups excluding tert-OH is 1. The third kappa shape index (κ3) is 3.89. The molecule has 0 saturated carbocycles. The summed E-state index contributed by atoms with van der Waals surface area (Å²) in [5, 5.41) is 18.2. The second-order valence-corrected chi connectivity index (χ2v) is 4.31. The van der Waals surface area contributed by atoms with Gasteiger partial charge in [0.15, 0.2) is 0 Å². The number of aromatic carboxylic acids is 1. The minimum absolute atomic E-state index is 0.0525. The quantitative estimate of drug-likeness (QED) is 0.746. The van der Waals surface area contributed by atoms with E-state index in [1.165, 1.54) is 17.8 Å². The first-order valence-electron chi connectivity index (χ1n) is 4.57. The van der Waals surface area contributed by atoms with Crippen molar-refractivity contribution in [3.8, 4) is 0 Å². The fourth-order valence-electron chi connectivity index (χ4n) is 0.895. The van der Waals surface area contributed by atoms with Crippen molar-refractivity contribution >= 4 is 17.7 Å². The van der Waals surface area contributed by atoms with Gasteiger partial charge in [0.2, 0.25) is 0 Å². The first-order valence-corrected chi connectivity index (χ1v) is 5.56. The predicted octanol–water partition coefficient (Wildman–Crippen LogP) is 1.50. The molecule has 1 aromatic heterocycles.